The van der Waals surface area contributed by atoms with Gasteiger partial charge in [-0.25, -0.2) is 0 Å². The maximum Gasteiger partial charge on any atom is 0.146 e. The summed E-state index contributed by atoms with van der Waals surface area (Å²) >= 11 is 1.83. The van der Waals surface area contributed by atoms with Crippen LogP contribution in [0.5, 0.6) is 0 Å². The Labute approximate surface area is 187 Å². The van der Waals surface area contributed by atoms with Crippen LogP contribution in [0.4, 0.5) is 0 Å². The van der Waals surface area contributed by atoms with Gasteiger partial charge in [0, 0.05) is 28.9 Å². The summed E-state index contributed by atoms with van der Waals surface area (Å²) in [5, 5.41) is 10.2. The van der Waals surface area contributed by atoms with Crippen LogP contribution in [-0.4, -0.2) is 28.2 Å². The van der Waals surface area contributed by atoms with E-state index < -0.39 is 0 Å². The second-order valence-electron chi connectivity index (χ2n) is 6.40. The normalized spacial score (nSPS) is 13.2. The highest BCUT2D eigenvalue weighted by Gasteiger charge is 2.23. The van der Waals surface area contributed by atoms with Crippen molar-refractivity contribution in [2.45, 2.75) is 67.2 Å². The van der Waals surface area contributed by atoms with Crippen LogP contribution in [-0.2, 0) is 0 Å². The zero-order chi connectivity index (χ0) is 22.5. The van der Waals surface area contributed by atoms with Crippen LogP contribution in [0.3, 0.4) is 0 Å². The van der Waals surface area contributed by atoms with Crippen molar-refractivity contribution in [3.63, 3.8) is 0 Å². The second kappa shape index (κ2) is 13.9. The first kappa shape index (κ1) is 25.8. The van der Waals surface area contributed by atoms with Crippen LogP contribution < -0.4 is 0 Å². The van der Waals surface area contributed by atoms with E-state index in [1.807, 2.05) is 77.3 Å². The predicted octanol–water partition coefficient (Wildman–Crippen LogP) is 8.07. The Morgan fingerprint density at radius 3 is 2.13 bits per heavy atom. The molecule has 4 rings (SSSR count). The summed E-state index contributed by atoms with van der Waals surface area (Å²) in [5.74, 6) is 0.639. The third kappa shape index (κ3) is 6.15. The van der Waals surface area contributed by atoms with Crippen LogP contribution in [0.15, 0.2) is 49.2 Å². The van der Waals surface area contributed by atoms with Gasteiger partial charge >= 0.3 is 0 Å². The van der Waals surface area contributed by atoms with Crippen LogP contribution >= 0.6 is 11.3 Å². The van der Waals surface area contributed by atoms with E-state index in [4.69, 9.17) is 0 Å². The highest BCUT2D eigenvalue weighted by molar-refractivity contribution is 7.18. The summed E-state index contributed by atoms with van der Waals surface area (Å²) in [5.41, 5.74) is 3.47. The van der Waals surface area contributed by atoms with Gasteiger partial charge in [-0.05, 0) is 43.5 Å². The van der Waals surface area contributed by atoms with Gasteiger partial charge < -0.3 is 4.90 Å². The SMILES string of the molecule is C=CN1CCC(c2sc3nnc(-c4ccccc4)cc3c2C)CC1.CC.CC.CC. The number of likely N-dealkylation sites (tertiary alicyclic amines) is 1. The summed E-state index contributed by atoms with van der Waals surface area (Å²) in [4.78, 5) is 4.87. The third-order valence-corrected chi connectivity index (χ3v) is 6.32. The zero-order valence-corrected chi connectivity index (χ0v) is 20.7. The van der Waals surface area contributed by atoms with Crippen molar-refractivity contribution in [3.8, 4) is 11.3 Å². The fourth-order valence-corrected chi connectivity index (χ4v) is 4.80. The van der Waals surface area contributed by atoms with Crippen molar-refractivity contribution in [2.75, 3.05) is 13.1 Å². The lowest BCUT2D eigenvalue weighted by Gasteiger charge is -2.30. The Kier molecular flexibility index (Phi) is 12.0. The van der Waals surface area contributed by atoms with E-state index in [0.29, 0.717) is 5.92 Å². The summed E-state index contributed by atoms with van der Waals surface area (Å²) in [6.45, 7) is 20.3. The molecule has 1 aromatic carbocycles. The lowest BCUT2D eigenvalue weighted by molar-refractivity contribution is 0.286. The fourth-order valence-electron chi connectivity index (χ4n) is 3.52. The van der Waals surface area contributed by atoms with E-state index in [0.717, 1.165) is 29.2 Å². The topological polar surface area (TPSA) is 29.0 Å². The zero-order valence-electron chi connectivity index (χ0n) is 19.9. The van der Waals surface area contributed by atoms with Gasteiger partial charge in [-0.2, -0.15) is 0 Å². The monoisotopic (exact) mass is 425 g/mol. The molecule has 0 bridgehead atoms. The molecule has 4 heteroatoms. The lowest BCUT2D eigenvalue weighted by Crippen LogP contribution is -2.28. The van der Waals surface area contributed by atoms with Crippen LogP contribution in [0.2, 0.25) is 0 Å². The van der Waals surface area contributed by atoms with Crippen LogP contribution in [0.25, 0.3) is 21.5 Å². The van der Waals surface area contributed by atoms with Gasteiger partial charge in [0.2, 0.25) is 0 Å². The van der Waals surface area contributed by atoms with Gasteiger partial charge in [0.15, 0.2) is 0 Å². The molecule has 3 nitrogen and oxygen atoms in total. The molecule has 1 saturated heterocycles. The van der Waals surface area contributed by atoms with E-state index in [1.54, 1.807) is 0 Å². The number of hydrogen-bond donors (Lipinski definition) is 0. The summed E-state index contributed by atoms with van der Waals surface area (Å²) < 4.78 is 0. The summed E-state index contributed by atoms with van der Waals surface area (Å²) in [7, 11) is 0. The Hall–Kier alpha value is -2.20. The molecule has 30 heavy (non-hydrogen) atoms. The number of thiophene rings is 1. The molecule has 1 aliphatic heterocycles. The smallest absolute Gasteiger partial charge is 0.146 e. The van der Waals surface area contributed by atoms with Gasteiger partial charge in [-0.1, -0.05) is 78.5 Å². The highest BCUT2D eigenvalue weighted by Crippen LogP contribution is 2.39. The first-order valence-corrected chi connectivity index (χ1v) is 12.3. The second-order valence-corrected chi connectivity index (χ2v) is 7.43. The molecule has 1 aliphatic rings. The molecular weight excluding hydrogens is 386 g/mol. The molecule has 0 saturated carbocycles. The maximum absolute atomic E-state index is 4.51. The Bertz CT molecular complexity index is 863. The number of nitrogens with zero attached hydrogens (tertiary/aromatic N) is 3. The molecule has 0 radical (unpaired) electrons. The van der Waals surface area contributed by atoms with Gasteiger partial charge in [-0.3, -0.25) is 0 Å². The molecular formula is C26H39N3S. The summed E-state index contributed by atoms with van der Waals surface area (Å²) in [6, 6.07) is 12.5. The molecule has 0 aliphatic carbocycles. The van der Waals surface area contributed by atoms with E-state index in [-0.39, 0.29) is 0 Å². The minimum absolute atomic E-state index is 0.639. The average molecular weight is 426 g/mol. The summed E-state index contributed by atoms with van der Waals surface area (Å²) in [6.07, 6.45) is 4.35. The molecule has 0 atom stereocenters. The number of hydrogen-bond acceptors (Lipinski definition) is 4. The number of aryl methyl sites for hydroxylation is 1. The number of aromatic nitrogens is 2. The van der Waals surface area contributed by atoms with Gasteiger partial charge in [0.25, 0.3) is 0 Å². The first-order chi connectivity index (χ1) is 14.8. The van der Waals surface area contributed by atoms with Crippen molar-refractivity contribution in [1.82, 2.24) is 15.1 Å². The highest BCUT2D eigenvalue weighted by atomic mass is 32.1. The molecule has 1 fully saturated rings. The van der Waals surface area contributed by atoms with Crippen LogP contribution in [0.1, 0.15) is 70.7 Å². The maximum atomic E-state index is 4.51. The molecule has 3 heterocycles. The minimum atomic E-state index is 0.639. The third-order valence-electron chi connectivity index (χ3n) is 4.97. The van der Waals surface area contributed by atoms with E-state index in [9.17, 15) is 0 Å². The van der Waals surface area contributed by atoms with Crippen LogP contribution in [0, 0.1) is 6.92 Å². The average Bonchev–Trinajstić information content (AvgIpc) is 3.19. The number of fused-ring (bicyclic) bond motifs is 1. The van der Waals surface area contributed by atoms with Crippen molar-refractivity contribution in [2.24, 2.45) is 0 Å². The number of rotatable bonds is 3. The lowest BCUT2D eigenvalue weighted by atomic mass is 9.93. The predicted molar refractivity (Wildman–Crippen MR) is 135 cm³/mol. The minimum Gasteiger partial charge on any atom is -0.378 e. The molecule has 3 aromatic rings. The molecule has 164 valence electrons. The fraction of sp³-hybridized carbons (Fsp3) is 0.462. The van der Waals surface area contributed by atoms with Gasteiger partial charge in [-0.15, -0.1) is 21.5 Å². The van der Waals surface area contributed by atoms with E-state index >= 15 is 0 Å². The van der Waals surface area contributed by atoms with Crippen molar-refractivity contribution >= 4 is 21.6 Å². The number of benzene rings is 1. The van der Waals surface area contributed by atoms with E-state index in [1.165, 1.54) is 28.7 Å². The Balaban J connectivity index is 0.000000691. The largest absolute Gasteiger partial charge is 0.378 e. The molecule has 0 unspecified atom stereocenters. The molecule has 0 amide bonds. The first-order valence-electron chi connectivity index (χ1n) is 11.4. The quantitative estimate of drug-likeness (QED) is 0.425. The van der Waals surface area contributed by atoms with Crippen molar-refractivity contribution in [1.29, 1.82) is 0 Å². The standard InChI is InChI=1S/C20H21N3S.3C2H6/c1-3-23-11-9-16(10-12-23)19-14(2)17-13-18(21-22-20(17)24-19)15-7-5-4-6-8-15;3*1-2/h3-8,13,16H,1,9-12H2,2H3;3*1-2H3. The van der Waals surface area contributed by atoms with Crippen molar-refractivity contribution in [3.05, 3.63) is 59.6 Å². The number of piperidine rings is 1. The van der Waals surface area contributed by atoms with Gasteiger partial charge in [0.1, 0.15) is 4.83 Å². The molecule has 0 N–H and O–H groups in total. The van der Waals surface area contributed by atoms with E-state index in [2.05, 4.69) is 46.8 Å². The molecule has 2 aromatic heterocycles. The molecule has 0 spiro atoms. The Morgan fingerprint density at radius 1 is 0.967 bits per heavy atom. The van der Waals surface area contributed by atoms with Crippen molar-refractivity contribution < 1.29 is 0 Å². The van der Waals surface area contributed by atoms with Gasteiger partial charge in [0.05, 0.1) is 5.69 Å². The Morgan fingerprint density at radius 2 is 1.57 bits per heavy atom.